The van der Waals surface area contributed by atoms with Crippen molar-refractivity contribution >= 4 is 5.97 Å². The van der Waals surface area contributed by atoms with Crippen LogP contribution < -0.4 is 0 Å². The van der Waals surface area contributed by atoms with E-state index in [9.17, 15) is 13.6 Å². The summed E-state index contributed by atoms with van der Waals surface area (Å²) >= 11 is 0. The highest BCUT2D eigenvalue weighted by atomic mass is 19.3. The van der Waals surface area contributed by atoms with Gasteiger partial charge in [-0.15, -0.1) is 5.10 Å². The summed E-state index contributed by atoms with van der Waals surface area (Å²) in [7, 11) is 0. The number of halogens is 2. The molecule has 0 aromatic carbocycles. The molecule has 1 rings (SSSR count). The Kier molecular flexibility index (Phi) is 3.33. The zero-order valence-electron chi connectivity index (χ0n) is 8.15. The molecule has 0 saturated heterocycles. The summed E-state index contributed by atoms with van der Waals surface area (Å²) in [5.74, 6) is -3.86. The molecule has 0 aliphatic rings. The van der Waals surface area contributed by atoms with Gasteiger partial charge >= 0.3 is 5.97 Å². The molecule has 1 heterocycles. The van der Waals surface area contributed by atoms with E-state index in [2.05, 4.69) is 10.3 Å². The van der Waals surface area contributed by atoms with E-state index in [0.717, 1.165) is 11.6 Å². The van der Waals surface area contributed by atoms with Crippen LogP contribution in [0.1, 0.15) is 19.0 Å². The zero-order chi connectivity index (χ0) is 11.5. The molecule has 0 bridgehead atoms. The number of aryl methyl sites for hydroxylation is 1. The second-order valence-electron chi connectivity index (χ2n) is 3.35. The smallest absolute Gasteiger partial charge is 0.303 e. The van der Waals surface area contributed by atoms with Crippen LogP contribution in [0, 0.1) is 0 Å². The fourth-order valence-corrected chi connectivity index (χ4v) is 1.10. The molecule has 1 N–H and O–H groups in total. The molecule has 0 amide bonds. The maximum atomic E-state index is 12.7. The van der Waals surface area contributed by atoms with Crippen LogP contribution in [0.2, 0.25) is 0 Å². The standard InChI is InChI=1S/C8H11F2N3O2/c1-8(9,10)5-13-6(4-11-12-13)2-3-7(14)15/h4H,2-3,5H2,1H3,(H,14,15). The molecule has 0 saturated carbocycles. The van der Waals surface area contributed by atoms with Gasteiger partial charge in [-0.25, -0.2) is 13.5 Å². The van der Waals surface area contributed by atoms with Gasteiger partial charge in [-0.2, -0.15) is 0 Å². The topological polar surface area (TPSA) is 68.0 Å². The third kappa shape index (κ3) is 4.01. The third-order valence-electron chi connectivity index (χ3n) is 1.72. The number of carboxylic acid groups (broad SMARTS) is 1. The summed E-state index contributed by atoms with van der Waals surface area (Å²) in [5.41, 5.74) is 0.402. The molecule has 0 aliphatic heterocycles. The largest absolute Gasteiger partial charge is 0.481 e. The van der Waals surface area contributed by atoms with Gasteiger partial charge in [0.25, 0.3) is 5.92 Å². The number of rotatable bonds is 5. The van der Waals surface area contributed by atoms with Gasteiger partial charge in [-0.3, -0.25) is 4.79 Å². The maximum Gasteiger partial charge on any atom is 0.303 e. The minimum Gasteiger partial charge on any atom is -0.481 e. The minimum atomic E-state index is -2.88. The van der Waals surface area contributed by atoms with E-state index < -0.39 is 18.4 Å². The van der Waals surface area contributed by atoms with Crippen molar-refractivity contribution in [1.29, 1.82) is 0 Å². The predicted molar refractivity (Wildman–Crippen MR) is 46.6 cm³/mol. The Bertz CT molecular complexity index is 346. The average Bonchev–Trinajstić information content (AvgIpc) is 2.45. The van der Waals surface area contributed by atoms with E-state index in [-0.39, 0.29) is 12.8 Å². The highest BCUT2D eigenvalue weighted by molar-refractivity contribution is 5.66. The first kappa shape index (κ1) is 11.5. The number of carbonyl (C=O) groups is 1. The molecule has 15 heavy (non-hydrogen) atoms. The first-order valence-electron chi connectivity index (χ1n) is 4.35. The minimum absolute atomic E-state index is 0.122. The number of carboxylic acids is 1. The molecular weight excluding hydrogens is 208 g/mol. The molecule has 0 fully saturated rings. The van der Waals surface area contributed by atoms with E-state index >= 15 is 0 Å². The summed E-state index contributed by atoms with van der Waals surface area (Å²) in [6.07, 6.45) is 1.33. The maximum absolute atomic E-state index is 12.7. The van der Waals surface area contributed by atoms with Gasteiger partial charge in [0, 0.05) is 13.3 Å². The number of aromatic nitrogens is 3. The summed E-state index contributed by atoms with van der Waals surface area (Å²) in [4.78, 5) is 10.3. The molecule has 1 aromatic rings. The van der Waals surface area contributed by atoms with Crippen molar-refractivity contribution in [3.05, 3.63) is 11.9 Å². The summed E-state index contributed by atoms with van der Waals surface area (Å²) < 4.78 is 26.3. The van der Waals surface area contributed by atoms with E-state index in [1.54, 1.807) is 0 Å². The van der Waals surface area contributed by atoms with Crippen molar-refractivity contribution in [2.24, 2.45) is 0 Å². The van der Waals surface area contributed by atoms with Crippen molar-refractivity contribution in [2.75, 3.05) is 0 Å². The molecule has 0 spiro atoms. The van der Waals surface area contributed by atoms with Gasteiger partial charge in [0.05, 0.1) is 18.3 Å². The van der Waals surface area contributed by atoms with Crippen LogP contribution in [0.4, 0.5) is 8.78 Å². The van der Waals surface area contributed by atoms with E-state index in [4.69, 9.17) is 5.11 Å². The van der Waals surface area contributed by atoms with Crippen LogP contribution in [0.25, 0.3) is 0 Å². The van der Waals surface area contributed by atoms with Crippen molar-refractivity contribution in [3.8, 4) is 0 Å². The Morgan fingerprint density at radius 3 is 2.87 bits per heavy atom. The molecule has 7 heteroatoms. The number of hydrogen-bond donors (Lipinski definition) is 1. The summed E-state index contributed by atoms with van der Waals surface area (Å²) in [6.45, 7) is 0.192. The number of hydrogen-bond acceptors (Lipinski definition) is 3. The van der Waals surface area contributed by atoms with Crippen LogP contribution in [-0.2, 0) is 17.8 Å². The Labute approximate surface area is 84.7 Å². The van der Waals surface area contributed by atoms with Gasteiger partial charge in [0.2, 0.25) is 0 Å². The second-order valence-corrected chi connectivity index (χ2v) is 3.35. The lowest BCUT2D eigenvalue weighted by molar-refractivity contribution is -0.136. The first-order valence-corrected chi connectivity index (χ1v) is 4.35. The molecular formula is C8H11F2N3O2. The zero-order valence-corrected chi connectivity index (χ0v) is 8.15. The average molecular weight is 219 g/mol. The lowest BCUT2D eigenvalue weighted by Gasteiger charge is -2.11. The monoisotopic (exact) mass is 219 g/mol. The van der Waals surface area contributed by atoms with Crippen molar-refractivity contribution in [2.45, 2.75) is 32.2 Å². The number of aliphatic carboxylic acids is 1. The molecule has 0 unspecified atom stereocenters. The van der Waals surface area contributed by atoms with Crippen LogP contribution in [-0.4, -0.2) is 32.0 Å². The fraction of sp³-hybridized carbons (Fsp3) is 0.625. The van der Waals surface area contributed by atoms with E-state index in [0.29, 0.717) is 5.69 Å². The second kappa shape index (κ2) is 4.33. The van der Waals surface area contributed by atoms with E-state index in [1.807, 2.05) is 0 Å². The Morgan fingerprint density at radius 1 is 1.67 bits per heavy atom. The molecule has 0 radical (unpaired) electrons. The Hall–Kier alpha value is -1.53. The van der Waals surface area contributed by atoms with Crippen molar-refractivity contribution < 1.29 is 18.7 Å². The van der Waals surface area contributed by atoms with E-state index in [1.165, 1.54) is 6.20 Å². The van der Waals surface area contributed by atoms with Crippen molar-refractivity contribution in [3.63, 3.8) is 0 Å². The third-order valence-corrected chi connectivity index (χ3v) is 1.72. The number of nitrogens with zero attached hydrogens (tertiary/aromatic N) is 3. The Morgan fingerprint density at radius 2 is 2.33 bits per heavy atom. The van der Waals surface area contributed by atoms with Gasteiger partial charge < -0.3 is 5.11 Å². The van der Waals surface area contributed by atoms with Gasteiger partial charge in [0.1, 0.15) is 6.54 Å². The lowest BCUT2D eigenvalue weighted by Crippen LogP contribution is -2.22. The van der Waals surface area contributed by atoms with Gasteiger partial charge in [0.15, 0.2) is 0 Å². The first-order chi connectivity index (χ1) is 6.88. The van der Waals surface area contributed by atoms with Crippen LogP contribution in [0.15, 0.2) is 6.20 Å². The number of alkyl halides is 2. The SMILES string of the molecule is CC(F)(F)Cn1nncc1CCC(=O)O. The van der Waals surface area contributed by atoms with Crippen LogP contribution >= 0.6 is 0 Å². The van der Waals surface area contributed by atoms with Crippen LogP contribution in [0.3, 0.4) is 0 Å². The van der Waals surface area contributed by atoms with Crippen molar-refractivity contribution in [1.82, 2.24) is 15.0 Å². The fourth-order valence-electron chi connectivity index (χ4n) is 1.10. The summed E-state index contributed by atoms with van der Waals surface area (Å²) in [5, 5.41) is 15.4. The quantitative estimate of drug-likeness (QED) is 0.800. The predicted octanol–water partition coefficient (Wildman–Crippen LogP) is 0.951. The molecule has 5 nitrogen and oxygen atoms in total. The highest BCUT2D eigenvalue weighted by Gasteiger charge is 2.23. The summed E-state index contributed by atoms with van der Waals surface area (Å²) in [6, 6.07) is 0. The Balaban J connectivity index is 2.65. The van der Waals surface area contributed by atoms with Crippen LogP contribution in [0.5, 0.6) is 0 Å². The molecule has 0 aliphatic carbocycles. The molecule has 0 atom stereocenters. The highest BCUT2D eigenvalue weighted by Crippen LogP contribution is 2.15. The lowest BCUT2D eigenvalue weighted by atomic mass is 10.2. The molecule has 1 aromatic heterocycles. The normalized spacial score (nSPS) is 11.7. The van der Waals surface area contributed by atoms with Gasteiger partial charge in [-0.1, -0.05) is 5.21 Å². The van der Waals surface area contributed by atoms with Gasteiger partial charge in [-0.05, 0) is 0 Å². The molecule has 84 valence electrons.